The lowest BCUT2D eigenvalue weighted by molar-refractivity contribution is 0.122. The Morgan fingerprint density at radius 2 is 1.02 bits per heavy atom. The van der Waals surface area contributed by atoms with Crippen LogP contribution in [0.15, 0.2) is 47.0 Å². The van der Waals surface area contributed by atoms with Gasteiger partial charge in [0.25, 0.3) is 20.0 Å². The van der Waals surface area contributed by atoms with Crippen molar-refractivity contribution in [3.8, 4) is 0 Å². The lowest BCUT2D eigenvalue weighted by Crippen LogP contribution is -2.38. The van der Waals surface area contributed by atoms with Gasteiger partial charge in [-0.15, -0.1) is 0 Å². The van der Waals surface area contributed by atoms with Gasteiger partial charge >= 0.3 is 12.1 Å². The minimum absolute atomic E-state index is 0.267. The summed E-state index contributed by atoms with van der Waals surface area (Å²) in [6, 6.07) is 2.99. The molecule has 4 amide bonds. The number of benzene rings is 2. The van der Waals surface area contributed by atoms with Crippen molar-refractivity contribution in [3.63, 3.8) is 0 Å². The fourth-order valence-corrected chi connectivity index (χ4v) is 10.2. The molecular weight excluding hydrogens is 771 g/mol. The van der Waals surface area contributed by atoms with Crippen LogP contribution in [0.1, 0.15) is 75.9 Å². The molecule has 1 aliphatic heterocycles. The average molecular weight is 816 g/mol. The van der Waals surface area contributed by atoms with Crippen molar-refractivity contribution in [2.45, 2.75) is 94.0 Å². The Morgan fingerprint density at radius 3 is 1.46 bits per heavy atom. The second-order valence-corrected chi connectivity index (χ2v) is 18.2. The molecule has 0 saturated carbocycles. The van der Waals surface area contributed by atoms with E-state index in [9.17, 15) is 26.4 Å². The van der Waals surface area contributed by atoms with Crippen molar-refractivity contribution in [2.24, 2.45) is 0 Å². The van der Waals surface area contributed by atoms with E-state index in [2.05, 4.69) is 52.1 Å². The molecule has 18 heteroatoms. The van der Waals surface area contributed by atoms with Crippen LogP contribution in [0.25, 0.3) is 0 Å². The molecule has 300 valence electrons. The predicted octanol–water partition coefficient (Wildman–Crippen LogP) is 4.07. The fraction of sp³-hybridized carbons (Fsp3) is 0.436. The summed E-state index contributed by atoms with van der Waals surface area (Å²) >= 11 is 0. The number of morpholine rings is 1. The van der Waals surface area contributed by atoms with Gasteiger partial charge in [0.05, 0.1) is 37.5 Å². The Kier molecular flexibility index (Phi) is 10.8. The first-order valence-corrected chi connectivity index (χ1v) is 22.4. The highest BCUT2D eigenvalue weighted by Gasteiger charge is 2.29. The van der Waals surface area contributed by atoms with Gasteiger partial charge in [-0.05, 0) is 128 Å². The number of nitrogens with zero attached hydrogens (tertiary/aromatic N) is 5. The molecule has 4 aliphatic carbocycles. The van der Waals surface area contributed by atoms with Gasteiger partial charge in [-0.3, -0.25) is 9.97 Å². The number of fused-ring (bicyclic) bond motifs is 4. The van der Waals surface area contributed by atoms with E-state index < -0.39 is 32.1 Å². The standard InChI is InChI=1S/C21H25N5O4S.C18H20N4O3S/c27-21(24-20-16-5-1-3-14(16)11-15-4-2-6-17(15)20)25-31(28,29)19-13-22-12-18(23-19)26-7-9-30-10-8-26;1-11-9-19-10-16(20-11)26(24,25)22-18(23)21-17-14-6-2-4-12(14)8-13-5-3-7-15(13)17/h11-13H,1-10H2,(H2,24,25,27);8-10H,2-7H2,1H3,(H2,21,22,23). The first-order valence-electron chi connectivity index (χ1n) is 19.4. The summed E-state index contributed by atoms with van der Waals surface area (Å²) in [4.78, 5) is 43.0. The molecule has 2 aromatic carbocycles. The molecule has 16 nitrogen and oxygen atoms in total. The molecule has 0 radical (unpaired) electrons. The van der Waals surface area contributed by atoms with Gasteiger partial charge < -0.3 is 20.3 Å². The topological polar surface area (TPSA) is 215 Å². The number of aromatic nitrogens is 4. The van der Waals surface area contributed by atoms with Crippen molar-refractivity contribution in [2.75, 3.05) is 41.8 Å². The van der Waals surface area contributed by atoms with Gasteiger partial charge in [-0.1, -0.05) is 12.1 Å². The smallest absolute Gasteiger partial charge is 0.333 e. The zero-order valence-corrected chi connectivity index (χ0v) is 33.3. The van der Waals surface area contributed by atoms with Crippen molar-refractivity contribution in [3.05, 3.63) is 87.1 Å². The van der Waals surface area contributed by atoms with Crippen molar-refractivity contribution in [1.29, 1.82) is 0 Å². The third-order valence-electron chi connectivity index (χ3n) is 11.1. The highest BCUT2D eigenvalue weighted by Crippen LogP contribution is 2.40. The highest BCUT2D eigenvalue weighted by molar-refractivity contribution is 7.90. The van der Waals surface area contributed by atoms with Gasteiger partial charge in [0.2, 0.25) is 0 Å². The van der Waals surface area contributed by atoms with E-state index in [0.29, 0.717) is 37.8 Å². The van der Waals surface area contributed by atoms with Gasteiger partial charge in [-0.25, -0.2) is 29.0 Å². The van der Waals surface area contributed by atoms with Gasteiger partial charge in [0, 0.05) is 30.7 Å². The summed E-state index contributed by atoms with van der Waals surface area (Å²) in [5.74, 6) is 0.449. The Hall–Kier alpha value is -5.20. The molecule has 4 N–H and O–H groups in total. The molecule has 0 bridgehead atoms. The number of ether oxygens (including phenoxy) is 1. The highest BCUT2D eigenvalue weighted by atomic mass is 32.2. The number of nitrogens with one attached hydrogen (secondary N) is 4. The molecule has 1 saturated heterocycles. The monoisotopic (exact) mass is 815 g/mol. The lowest BCUT2D eigenvalue weighted by Gasteiger charge is -2.27. The molecule has 1 fully saturated rings. The molecule has 4 aromatic rings. The molecule has 0 unspecified atom stereocenters. The maximum absolute atomic E-state index is 12.8. The molecular formula is C39H45N9O7S2. The van der Waals surface area contributed by atoms with E-state index in [4.69, 9.17) is 4.74 Å². The summed E-state index contributed by atoms with van der Waals surface area (Å²) in [5, 5.41) is 5.10. The fourth-order valence-electron chi connectivity index (χ4n) is 8.54. The number of rotatable bonds is 7. The summed E-state index contributed by atoms with van der Waals surface area (Å²) < 4.78 is 59.9. The van der Waals surface area contributed by atoms with Crippen LogP contribution in [0, 0.1) is 6.92 Å². The van der Waals surface area contributed by atoms with Gasteiger partial charge in [-0.2, -0.15) is 16.8 Å². The van der Waals surface area contributed by atoms with Crippen molar-refractivity contribution in [1.82, 2.24) is 29.4 Å². The van der Waals surface area contributed by atoms with E-state index in [-0.39, 0.29) is 10.1 Å². The molecule has 0 atom stereocenters. The summed E-state index contributed by atoms with van der Waals surface area (Å²) in [6.45, 7) is 3.95. The maximum atomic E-state index is 12.8. The van der Waals surface area contributed by atoms with Crippen LogP contribution in [0.2, 0.25) is 0 Å². The maximum Gasteiger partial charge on any atom is 0.333 e. The minimum Gasteiger partial charge on any atom is -0.378 e. The zero-order chi connectivity index (χ0) is 39.7. The van der Waals surface area contributed by atoms with Crippen LogP contribution in [-0.2, 0) is 76.2 Å². The number of urea groups is 2. The molecule has 2 aromatic heterocycles. The van der Waals surface area contributed by atoms with Crippen LogP contribution in [0.5, 0.6) is 0 Å². The predicted molar refractivity (Wildman–Crippen MR) is 211 cm³/mol. The normalized spacial score (nSPS) is 16.8. The number of hydrogen-bond acceptors (Lipinski definition) is 12. The first-order chi connectivity index (χ1) is 27.4. The van der Waals surface area contributed by atoms with Gasteiger partial charge in [0.1, 0.15) is 5.82 Å². The number of hydrogen-bond donors (Lipinski definition) is 4. The average Bonchev–Trinajstić information content (AvgIpc) is 4.03. The Balaban J connectivity index is 0.000000162. The van der Waals surface area contributed by atoms with Gasteiger partial charge in [0.15, 0.2) is 10.1 Å². The minimum atomic E-state index is -4.16. The first kappa shape index (κ1) is 38.7. The number of carbonyl (C=O) groups is 2. The molecule has 9 rings (SSSR count). The Morgan fingerprint density at radius 1 is 0.596 bits per heavy atom. The molecule has 0 spiro atoms. The van der Waals surface area contributed by atoms with Crippen LogP contribution in [-0.4, -0.2) is 75.1 Å². The number of anilines is 3. The molecule has 57 heavy (non-hydrogen) atoms. The summed E-state index contributed by atoms with van der Waals surface area (Å²) in [7, 11) is -8.23. The van der Waals surface area contributed by atoms with Crippen molar-refractivity contribution < 1.29 is 31.2 Å². The zero-order valence-electron chi connectivity index (χ0n) is 31.7. The lowest BCUT2D eigenvalue weighted by atomic mass is 9.99. The molecule has 5 aliphatic rings. The van der Waals surface area contributed by atoms with Crippen LogP contribution < -0.4 is 25.0 Å². The van der Waals surface area contributed by atoms with E-state index in [1.807, 2.05) is 4.90 Å². The second-order valence-electron chi connectivity index (χ2n) is 14.9. The van der Waals surface area contributed by atoms with Crippen LogP contribution in [0.4, 0.5) is 26.8 Å². The largest absolute Gasteiger partial charge is 0.378 e. The third-order valence-corrected chi connectivity index (χ3v) is 13.5. The number of aryl methyl sites for hydroxylation is 5. The van der Waals surface area contributed by atoms with Crippen LogP contribution >= 0.6 is 0 Å². The second kappa shape index (κ2) is 16.0. The van der Waals surface area contributed by atoms with E-state index in [1.165, 1.54) is 34.6 Å². The van der Waals surface area contributed by atoms with E-state index >= 15 is 0 Å². The molecule has 3 heterocycles. The summed E-state index contributed by atoms with van der Waals surface area (Å²) in [6.07, 6.45) is 17.1. The quantitative estimate of drug-likeness (QED) is 0.208. The number of amides is 4. The Bertz CT molecular complexity index is 2410. The van der Waals surface area contributed by atoms with Crippen molar-refractivity contribution >= 4 is 49.3 Å². The Labute approximate surface area is 331 Å². The number of sulfonamides is 2. The SMILES string of the molecule is Cc1cncc(S(=O)(=O)NC(=O)Nc2c3c(cc4c2CCC4)CCC3)n1.O=C(Nc1c2c(cc3c1CCC3)CCC2)NS(=O)(=O)c1cncc(N2CCOCC2)n1. The third kappa shape index (κ3) is 8.29. The number of carbonyl (C=O) groups excluding carboxylic acids is 2. The van der Waals surface area contributed by atoms with E-state index in [0.717, 1.165) is 123 Å². The van der Waals surface area contributed by atoms with Crippen LogP contribution in [0.3, 0.4) is 0 Å². The summed E-state index contributed by atoms with van der Waals surface area (Å²) in [5.41, 5.74) is 11.7. The van der Waals surface area contributed by atoms with E-state index in [1.54, 1.807) is 6.92 Å².